The van der Waals surface area contributed by atoms with E-state index in [4.69, 9.17) is 11.6 Å². The molecule has 4 nitrogen and oxygen atoms in total. The van der Waals surface area contributed by atoms with Crippen molar-refractivity contribution < 1.29 is 4.79 Å². The molecule has 0 aromatic heterocycles. The maximum atomic E-state index is 12.4. The van der Waals surface area contributed by atoms with Gasteiger partial charge in [0.25, 0.3) is 0 Å². The molecule has 1 fully saturated rings. The monoisotopic (exact) mass is 371 g/mol. The SMILES string of the molecule is C[C@@H](NC(=O)CN1CCN(Cc2ccccc2)CC1)c1cccc(Cl)c1. The number of hydrogen-bond acceptors (Lipinski definition) is 3. The molecule has 1 heterocycles. The number of benzene rings is 2. The molecule has 1 atom stereocenters. The molecule has 1 N–H and O–H groups in total. The Bertz CT molecular complexity index is 714. The third-order valence-electron chi connectivity index (χ3n) is 4.81. The first-order valence-electron chi connectivity index (χ1n) is 9.13. The Kier molecular flexibility index (Phi) is 6.67. The fourth-order valence-electron chi connectivity index (χ4n) is 3.30. The van der Waals surface area contributed by atoms with Gasteiger partial charge in [0.1, 0.15) is 0 Å². The summed E-state index contributed by atoms with van der Waals surface area (Å²) in [7, 11) is 0. The summed E-state index contributed by atoms with van der Waals surface area (Å²) in [5.74, 6) is 0.0639. The molecule has 0 bridgehead atoms. The van der Waals surface area contributed by atoms with Crippen LogP contribution in [0.5, 0.6) is 0 Å². The maximum Gasteiger partial charge on any atom is 0.234 e. The predicted octanol–water partition coefficient (Wildman–Crippen LogP) is 3.34. The van der Waals surface area contributed by atoms with Crippen molar-refractivity contribution in [2.24, 2.45) is 0 Å². The van der Waals surface area contributed by atoms with Crippen molar-refractivity contribution in [2.75, 3.05) is 32.7 Å². The Balaban J connectivity index is 1.42. The first-order chi connectivity index (χ1) is 12.6. The molecule has 5 heteroatoms. The smallest absolute Gasteiger partial charge is 0.234 e. The highest BCUT2D eigenvalue weighted by atomic mass is 35.5. The van der Waals surface area contributed by atoms with Crippen LogP contribution >= 0.6 is 11.6 Å². The number of nitrogens with one attached hydrogen (secondary N) is 1. The number of carbonyl (C=O) groups excluding carboxylic acids is 1. The Morgan fingerprint density at radius 3 is 2.42 bits per heavy atom. The van der Waals surface area contributed by atoms with Gasteiger partial charge >= 0.3 is 0 Å². The number of hydrogen-bond donors (Lipinski definition) is 1. The average Bonchev–Trinajstić information content (AvgIpc) is 2.64. The summed E-state index contributed by atoms with van der Waals surface area (Å²) < 4.78 is 0. The van der Waals surface area contributed by atoms with Gasteiger partial charge in [0.05, 0.1) is 12.6 Å². The number of halogens is 1. The van der Waals surface area contributed by atoms with Crippen molar-refractivity contribution in [3.8, 4) is 0 Å². The van der Waals surface area contributed by atoms with Crippen LogP contribution < -0.4 is 5.32 Å². The Morgan fingerprint density at radius 1 is 1.04 bits per heavy atom. The van der Waals surface area contributed by atoms with E-state index in [1.54, 1.807) is 0 Å². The van der Waals surface area contributed by atoms with Crippen LogP contribution in [0.1, 0.15) is 24.1 Å². The number of amides is 1. The molecule has 2 aromatic carbocycles. The van der Waals surface area contributed by atoms with Crippen molar-refractivity contribution in [3.63, 3.8) is 0 Å². The van der Waals surface area contributed by atoms with Crippen LogP contribution in [0.3, 0.4) is 0 Å². The summed E-state index contributed by atoms with van der Waals surface area (Å²) in [6, 6.07) is 18.1. The first-order valence-corrected chi connectivity index (χ1v) is 9.51. The van der Waals surface area contributed by atoms with Gasteiger partial charge in [-0.25, -0.2) is 0 Å². The molecule has 26 heavy (non-hydrogen) atoms. The molecule has 0 radical (unpaired) electrons. The van der Waals surface area contributed by atoms with Gasteiger partial charge in [0, 0.05) is 37.7 Å². The standard InChI is InChI=1S/C21H26ClN3O/c1-17(19-8-5-9-20(22)14-19)23-21(26)16-25-12-10-24(11-13-25)15-18-6-3-2-4-7-18/h2-9,14,17H,10-13,15-16H2,1H3,(H,23,26)/t17-/m1/s1. The summed E-state index contributed by atoms with van der Waals surface area (Å²) in [6.45, 7) is 7.24. The van der Waals surface area contributed by atoms with E-state index in [0.717, 1.165) is 38.3 Å². The number of nitrogens with zero attached hydrogens (tertiary/aromatic N) is 2. The van der Waals surface area contributed by atoms with Crippen molar-refractivity contribution in [2.45, 2.75) is 19.5 Å². The van der Waals surface area contributed by atoms with Crippen LogP contribution in [-0.4, -0.2) is 48.4 Å². The van der Waals surface area contributed by atoms with Gasteiger partial charge < -0.3 is 5.32 Å². The minimum Gasteiger partial charge on any atom is -0.348 e. The number of rotatable bonds is 6. The van der Waals surface area contributed by atoms with Gasteiger partial charge in [-0.1, -0.05) is 54.1 Å². The average molecular weight is 372 g/mol. The molecular formula is C21H26ClN3O. The number of carbonyl (C=O) groups is 1. The van der Waals surface area contributed by atoms with Crippen LogP contribution in [0.25, 0.3) is 0 Å². The fourth-order valence-corrected chi connectivity index (χ4v) is 3.50. The third-order valence-corrected chi connectivity index (χ3v) is 5.04. The normalized spacial score (nSPS) is 17.0. The Labute approximate surface area is 160 Å². The van der Waals surface area contributed by atoms with Gasteiger partial charge in [0.2, 0.25) is 5.91 Å². The highest BCUT2D eigenvalue weighted by molar-refractivity contribution is 6.30. The molecule has 1 amide bonds. The molecule has 1 aliphatic heterocycles. The van der Waals surface area contributed by atoms with Crippen LogP contribution in [0.4, 0.5) is 0 Å². The lowest BCUT2D eigenvalue weighted by atomic mass is 10.1. The second kappa shape index (κ2) is 9.17. The molecule has 1 saturated heterocycles. The second-order valence-corrected chi connectivity index (χ2v) is 7.32. The predicted molar refractivity (Wildman–Crippen MR) is 106 cm³/mol. The van der Waals surface area contributed by atoms with Gasteiger partial charge in [0.15, 0.2) is 0 Å². The zero-order valence-electron chi connectivity index (χ0n) is 15.2. The van der Waals surface area contributed by atoms with Gasteiger partial charge in [-0.05, 0) is 30.2 Å². The molecule has 1 aliphatic rings. The third kappa shape index (κ3) is 5.56. The molecule has 0 spiro atoms. The molecule has 3 rings (SSSR count). The quantitative estimate of drug-likeness (QED) is 0.846. The first kappa shape index (κ1) is 18.9. The van der Waals surface area contributed by atoms with Crippen LogP contribution in [-0.2, 0) is 11.3 Å². The van der Waals surface area contributed by atoms with Gasteiger partial charge in [-0.2, -0.15) is 0 Å². The maximum absolute atomic E-state index is 12.4. The topological polar surface area (TPSA) is 35.6 Å². The lowest BCUT2D eigenvalue weighted by Gasteiger charge is -2.34. The van der Waals surface area contributed by atoms with E-state index in [9.17, 15) is 4.79 Å². The second-order valence-electron chi connectivity index (χ2n) is 6.88. The summed E-state index contributed by atoms with van der Waals surface area (Å²) in [6.07, 6.45) is 0. The minimum absolute atomic E-state index is 0.0411. The van der Waals surface area contributed by atoms with E-state index >= 15 is 0 Å². The minimum atomic E-state index is -0.0411. The molecular weight excluding hydrogens is 346 g/mol. The summed E-state index contributed by atoms with van der Waals surface area (Å²) >= 11 is 6.03. The Hall–Kier alpha value is -1.88. The fraction of sp³-hybridized carbons (Fsp3) is 0.381. The van der Waals surface area contributed by atoms with Crippen molar-refractivity contribution in [1.82, 2.24) is 15.1 Å². The van der Waals surface area contributed by atoms with E-state index in [0.29, 0.717) is 11.6 Å². The van der Waals surface area contributed by atoms with Crippen molar-refractivity contribution in [1.29, 1.82) is 0 Å². The molecule has 2 aromatic rings. The van der Waals surface area contributed by atoms with E-state index in [1.165, 1.54) is 5.56 Å². The number of piperazine rings is 1. The molecule has 0 aliphatic carbocycles. The van der Waals surface area contributed by atoms with Gasteiger partial charge in [-0.3, -0.25) is 14.6 Å². The lowest BCUT2D eigenvalue weighted by molar-refractivity contribution is -0.123. The van der Waals surface area contributed by atoms with E-state index in [-0.39, 0.29) is 11.9 Å². The molecule has 0 saturated carbocycles. The zero-order valence-corrected chi connectivity index (χ0v) is 16.0. The van der Waals surface area contributed by atoms with Crippen LogP contribution in [0.15, 0.2) is 54.6 Å². The highest BCUT2D eigenvalue weighted by Crippen LogP contribution is 2.17. The summed E-state index contributed by atoms with van der Waals surface area (Å²) in [5.41, 5.74) is 2.37. The van der Waals surface area contributed by atoms with E-state index in [1.807, 2.05) is 37.3 Å². The molecule has 0 unspecified atom stereocenters. The van der Waals surface area contributed by atoms with E-state index in [2.05, 4.69) is 39.4 Å². The van der Waals surface area contributed by atoms with Crippen molar-refractivity contribution in [3.05, 3.63) is 70.7 Å². The van der Waals surface area contributed by atoms with Crippen molar-refractivity contribution >= 4 is 17.5 Å². The zero-order chi connectivity index (χ0) is 18.4. The summed E-state index contributed by atoms with van der Waals surface area (Å²) in [4.78, 5) is 17.0. The highest BCUT2D eigenvalue weighted by Gasteiger charge is 2.20. The van der Waals surface area contributed by atoms with Gasteiger partial charge in [-0.15, -0.1) is 0 Å². The van der Waals surface area contributed by atoms with Crippen LogP contribution in [0.2, 0.25) is 5.02 Å². The van der Waals surface area contributed by atoms with E-state index < -0.39 is 0 Å². The Morgan fingerprint density at radius 2 is 1.73 bits per heavy atom. The summed E-state index contributed by atoms with van der Waals surface area (Å²) in [5, 5.41) is 3.76. The lowest BCUT2D eigenvalue weighted by Crippen LogP contribution is -2.49. The largest absolute Gasteiger partial charge is 0.348 e. The molecule has 138 valence electrons. The van der Waals surface area contributed by atoms with Crippen LogP contribution in [0, 0.1) is 0 Å².